The van der Waals surface area contributed by atoms with Gasteiger partial charge in [0.1, 0.15) is 0 Å². The van der Waals surface area contributed by atoms with Gasteiger partial charge in [-0.1, -0.05) is 0 Å². The summed E-state index contributed by atoms with van der Waals surface area (Å²) in [5.41, 5.74) is 5.21. The predicted octanol–water partition coefficient (Wildman–Crippen LogP) is 3.99. The SMILES string of the molecule is O=c1c2ccccc2[se]n1CCCNc1c2c(nc3ccccc13)CCCC2. The summed E-state index contributed by atoms with van der Waals surface area (Å²) in [4.78, 5) is 17.5. The first-order valence-electron chi connectivity index (χ1n) is 10.0. The Morgan fingerprint density at radius 1 is 1.00 bits per heavy atom. The molecule has 1 N–H and O–H groups in total. The third-order valence-electron chi connectivity index (χ3n) is 5.56. The van der Waals surface area contributed by atoms with Crippen LogP contribution in [0.25, 0.3) is 20.5 Å². The number of rotatable bonds is 5. The van der Waals surface area contributed by atoms with Crippen molar-refractivity contribution in [2.75, 3.05) is 11.9 Å². The molecule has 1 aliphatic rings. The number of nitrogens with zero attached hydrogens (tertiary/aromatic N) is 2. The number of fused-ring (bicyclic) bond motifs is 3. The molecule has 2 aromatic heterocycles. The number of pyridine rings is 1. The molecule has 5 heteroatoms. The van der Waals surface area contributed by atoms with Gasteiger partial charge in [0.05, 0.1) is 0 Å². The van der Waals surface area contributed by atoms with E-state index in [1.807, 2.05) is 21.8 Å². The molecule has 4 aromatic rings. The van der Waals surface area contributed by atoms with Crippen LogP contribution < -0.4 is 10.9 Å². The van der Waals surface area contributed by atoms with Gasteiger partial charge in [0.2, 0.25) is 0 Å². The van der Waals surface area contributed by atoms with E-state index in [0.717, 1.165) is 43.3 Å². The van der Waals surface area contributed by atoms with E-state index in [0.29, 0.717) is 0 Å². The summed E-state index contributed by atoms with van der Waals surface area (Å²) >= 11 is 0.121. The number of hydrogen-bond donors (Lipinski definition) is 1. The molecule has 0 amide bonds. The number of aromatic nitrogens is 2. The number of para-hydroxylation sites is 1. The minimum atomic E-state index is 0.121. The van der Waals surface area contributed by atoms with Crippen molar-refractivity contribution in [2.24, 2.45) is 0 Å². The van der Waals surface area contributed by atoms with Gasteiger partial charge >= 0.3 is 170 Å². The Labute approximate surface area is 170 Å². The fourth-order valence-corrected chi connectivity index (χ4v) is 6.34. The summed E-state index contributed by atoms with van der Waals surface area (Å²) in [6, 6.07) is 16.4. The first-order valence-corrected chi connectivity index (χ1v) is 11.7. The van der Waals surface area contributed by atoms with Crippen molar-refractivity contribution >= 4 is 41.0 Å². The van der Waals surface area contributed by atoms with Crippen molar-refractivity contribution in [3.63, 3.8) is 0 Å². The maximum atomic E-state index is 12.5. The predicted molar refractivity (Wildman–Crippen MR) is 117 cm³/mol. The van der Waals surface area contributed by atoms with Crippen LogP contribution in [0.1, 0.15) is 30.5 Å². The molecule has 1 aliphatic carbocycles. The van der Waals surface area contributed by atoms with Gasteiger partial charge < -0.3 is 0 Å². The number of benzene rings is 2. The molecule has 142 valence electrons. The van der Waals surface area contributed by atoms with E-state index < -0.39 is 0 Å². The summed E-state index contributed by atoms with van der Waals surface area (Å²) in [5, 5.41) is 5.82. The molecule has 0 radical (unpaired) electrons. The van der Waals surface area contributed by atoms with Crippen LogP contribution in [0, 0.1) is 0 Å². The monoisotopic (exact) mass is 437 g/mol. The van der Waals surface area contributed by atoms with E-state index >= 15 is 0 Å². The van der Waals surface area contributed by atoms with Crippen LogP contribution in [-0.4, -0.2) is 29.8 Å². The van der Waals surface area contributed by atoms with Gasteiger partial charge in [-0.25, -0.2) is 0 Å². The normalized spacial score (nSPS) is 13.7. The third-order valence-corrected chi connectivity index (χ3v) is 7.91. The summed E-state index contributed by atoms with van der Waals surface area (Å²) in [7, 11) is 0. The van der Waals surface area contributed by atoms with E-state index in [1.54, 1.807) is 0 Å². The van der Waals surface area contributed by atoms with Crippen LogP contribution in [0.15, 0.2) is 53.3 Å². The van der Waals surface area contributed by atoms with E-state index in [2.05, 4.69) is 35.6 Å². The Morgan fingerprint density at radius 3 is 2.68 bits per heavy atom. The van der Waals surface area contributed by atoms with Gasteiger partial charge in [0.25, 0.3) is 0 Å². The Bertz CT molecular complexity index is 1210. The fourth-order valence-electron chi connectivity index (χ4n) is 4.18. The molecule has 28 heavy (non-hydrogen) atoms. The van der Waals surface area contributed by atoms with E-state index in [-0.39, 0.29) is 20.3 Å². The van der Waals surface area contributed by atoms with E-state index in [1.165, 1.54) is 39.4 Å². The van der Waals surface area contributed by atoms with Crippen molar-refractivity contribution in [1.29, 1.82) is 0 Å². The quantitative estimate of drug-likeness (QED) is 0.380. The van der Waals surface area contributed by atoms with Gasteiger partial charge in [-0.3, -0.25) is 0 Å². The second-order valence-electron chi connectivity index (χ2n) is 7.41. The topological polar surface area (TPSA) is 46.9 Å². The Kier molecular flexibility index (Phi) is 4.79. The second kappa shape index (κ2) is 7.57. The third kappa shape index (κ3) is 3.19. The number of aryl methyl sites for hydroxylation is 2. The standard InChI is InChI=1S/C23H23N3OSe/c27-23-18-10-3-6-13-21(18)28-26(23)15-7-14-24-22-16-8-1-4-11-19(16)25-20-12-5-2-9-17(20)22/h1,3-4,6,8,10-11,13H,2,5,7,9,12,14-15H2,(H,24,25). The van der Waals surface area contributed by atoms with Crippen LogP contribution in [0.2, 0.25) is 0 Å². The zero-order valence-corrected chi connectivity index (χ0v) is 17.5. The number of hydrogen-bond acceptors (Lipinski definition) is 3. The van der Waals surface area contributed by atoms with Gasteiger partial charge in [-0.15, -0.1) is 0 Å². The Hall–Kier alpha value is -2.36. The fraction of sp³-hybridized carbons (Fsp3) is 0.304. The summed E-state index contributed by atoms with van der Waals surface area (Å²) in [6.07, 6.45) is 5.62. The molecule has 0 fully saturated rings. The molecule has 0 atom stereocenters. The van der Waals surface area contributed by atoms with Crippen molar-refractivity contribution in [2.45, 2.75) is 38.6 Å². The second-order valence-corrected chi connectivity index (χ2v) is 9.64. The zero-order valence-electron chi connectivity index (χ0n) is 15.8. The van der Waals surface area contributed by atoms with Crippen molar-refractivity contribution in [3.05, 3.63) is 70.1 Å². The first-order chi connectivity index (χ1) is 13.8. The molecule has 2 aromatic carbocycles. The summed E-state index contributed by atoms with van der Waals surface area (Å²) < 4.78 is 3.24. The summed E-state index contributed by atoms with van der Waals surface area (Å²) in [6.45, 7) is 1.68. The molecular formula is C23H23N3OSe. The molecule has 0 saturated carbocycles. The molecule has 0 bridgehead atoms. The molecule has 0 saturated heterocycles. The average Bonchev–Trinajstić information content (AvgIpc) is 3.06. The first kappa shape index (κ1) is 17.7. The van der Waals surface area contributed by atoms with Gasteiger partial charge in [-0.05, 0) is 0 Å². The van der Waals surface area contributed by atoms with Gasteiger partial charge in [0, 0.05) is 0 Å². The van der Waals surface area contributed by atoms with Crippen LogP contribution in [0.5, 0.6) is 0 Å². The Morgan fingerprint density at radius 2 is 1.79 bits per heavy atom. The van der Waals surface area contributed by atoms with Crippen molar-refractivity contribution in [1.82, 2.24) is 8.55 Å². The van der Waals surface area contributed by atoms with Crippen LogP contribution in [-0.2, 0) is 19.4 Å². The zero-order chi connectivity index (χ0) is 18.9. The van der Waals surface area contributed by atoms with Crippen molar-refractivity contribution < 1.29 is 0 Å². The van der Waals surface area contributed by atoms with E-state index in [9.17, 15) is 4.79 Å². The number of nitrogens with one attached hydrogen (secondary N) is 1. The molecule has 0 aliphatic heterocycles. The van der Waals surface area contributed by atoms with Crippen LogP contribution >= 0.6 is 0 Å². The minimum absolute atomic E-state index is 0.121. The summed E-state index contributed by atoms with van der Waals surface area (Å²) in [5.74, 6) is 0. The maximum absolute atomic E-state index is 12.5. The molecule has 4 nitrogen and oxygen atoms in total. The van der Waals surface area contributed by atoms with Crippen molar-refractivity contribution in [3.8, 4) is 0 Å². The van der Waals surface area contributed by atoms with Crippen LogP contribution in [0.3, 0.4) is 0 Å². The van der Waals surface area contributed by atoms with E-state index in [4.69, 9.17) is 4.98 Å². The van der Waals surface area contributed by atoms with Gasteiger partial charge in [0.15, 0.2) is 0 Å². The van der Waals surface area contributed by atoms with Crippen LogP contribution in [0.4, 0.5) is 5.69 Å². The average molecular weight is 436 g/mol. The Balaban J connectivity index is 1.36. The molecule has 0 unspecified atom stereocenters. The molecule has 5 rings (SSSR count). The molecular weight excluding hydrogens is 413 g/mol. The van der Waals surface area contributed by atoms with Gasteiger partial charge in [-0.2, -0.15) is 0 Å². The molecule has 2 heterocycles. The number of anilines is 1. The molecule has 0 spiro atoms.